The molecule has 0 aromatic carbocycles. The normalized spacial score (nSPS) is 17.4. The van der Waals surface area contributed by atoms with E-state index in [-0.39, 0.29) is 18.8 Å². The molecule has 1 rings (SSSR count). The number of aliphatic hydroxyl groups excluding tert-OH is 2. The number of β-amino-alcohol motifs (C(OH)–C–C–N with tert-alkyl or cyclic N) is 1. The Bertz CT molecular complexity index is 262. The molecule has 104 valence electrons. The lowest BCUT2D eigenvalue weighted by molar-refractivity contribution is 0.180. The highest BCUT2D eigenvalue weighted by Gasteiger charge is 2.06. The maximum absolute atomic E-state index is 9.83. The smallest absolute Gasteiger partial charge is 0.264 e. The van der Waals surface area contributed by atoms with E-state index >= 15 is 0 Å². The van der Waals surface area contributed by atoms with Gasteiger partial charge in [0.25, 0.3) is 10.1 Å². The van der Waals surface area contributed by atoms with Gasteiger partial charge in [-0.2, -0.15) is 8.42 Å². The van der Waals surface area contributed by atoms with Crippen molar-refractivity contribution in [1.82, 2.24) is 10.2 Å². The fourth-order valence-corrected chi connectivity index (χ4v) is 1.82. The van der Waals surface area contributed by atoms with Crippen LogP contribution in [0.15, 0.2) is 0 Å². The van der Waals surface area contributed by atoms with E-state index in [1.807, 2.05) is 0 Å². The lowest BCUT2D eigenvalue weighted by atomic mass is 10.4. The Balaban J connectivity index is 0.000000304. The Morgan fingerprint density at radius 2 is 1.71 bits per heavy atom. The standard InChI is InChI=1S/C6H14N2O.C3H8O4S/c9-6-5-8-3-1-7-2-4-8;4-2-1-3-8(5,6)7/h7,9H,1-6H2;4H,1-3H2,(H,5,6,7). The molecule has 1 aliphatic rings. The van der Waals surface area contributed by atoms with Crippen LogP contribution in [-0.4, -0.2) is 79.8 Å². The number of hydrogen-bond acceptors (Lipinski definition) is 6. The molecule has 0 aliphatic carbocycles. The second-order valence-corrected chi connectivity index (χ2v) is 5.25. The van der Waals surface area contributed by atoms with E-state index < -0.39 is 10.1 Å². The number of aliphatic hydroxyl groups is 2. The Kier molecular flexibility index (Phi) is 9.60. The highest BCUT2D eigenvalue weighted by molar-refractivity contribution is 7.85. The van der Waals surface area contributed by atoms with Crippen molar-refractivity contribution in [3.63, 3.8) is 0 Å². The van der Waals surface area contributed by atoms with Gasteiger partial charge in [0.15, 0.2) is 0 Å². The second kappa shape index (κ2) is 9.75. The summed E-state index contributed by atoms with van der Waals surface area (Å²) in [7, 11) is -3.85. The molecular formula is C9H22N2O5S. The molecule has 0 bridgehead atoms. The summed E-state index contributed by atoms with van der Waals surface area (Å²) in [5.41, 5.74) is 0. The van der Waals surface area contributed by atoms with E-state index in [4.69, 9.17) is 14.8 Å². The third-order valence-electron chi connectivity index (χ3n) is 2.19. The zero-order valence-electron chi connectivity index (χ0n) is 9.88. The van der Waals surface area contributed by atoms with Crippen LogP contribution in [0.1, 0.15) is 6.42 Å². The molecule has 8 heteroatoms. The minimum atomic E-state index is -3.85. The molecule has 1 heterocycles. The Morgan fingerprint density at radius 1 is 1.12 bits per heavy atom. The largest absolute Gasteiger partial charge is 0.396 e. The number of piperazine rings is 1. The van der Waals surface area contributed by atoms with Crippen LogP contribution < -0.4 is 5.32 Å². The lowest BCUT2D eigenvalue weighted by Gasteiger charge is -2.25. The molecule has 7 nitrogen and oxygen atoms in total. The zero-order valence-corrected chi connectivity index (χ0v) is 10.7. The molecule has 1 saturated heterocycles. The Hall–Kier alpha value is -0.250. The minimum absolute atomic E-state index is 0.0961. The average Bonchev–Trinajstić information content (AvgIpc) is 2.28. The van der Waals surface area contributed by atoms with E-state index in [1.165, 1.54) is 0 Å². The van der Waals surface area contributed by atoms with Crippen LogP contribution in [0.25, 0.3) is 0 Å². The van der Waals surface area contributed by atoms with E-state index in [0.29, 0.717) is 6.61 Å². The summed E-state index contributed by atoms with van der Waals surface area (Å²) in [4.78, 5) is 2.26. The van der Waals surface area contributed by atoms with E-state index in [1.54, 1.807) is 0 Å². The lowest BCUT2D eigenvalue weighted by Crippen LogP contribution is -2.44. The van der Waals surface area contributed by atoms with Gasteiger partial charge in [-0.05, 0) is 6.42 Å². The molecule has 4 N–H and O–H groups in total. The van der Waals surface area contributed by atoms with Gasteiger partial charge in [-0.15, -0.1) is 0 Å². The summed E-state index contributed by atoms with van der Waals surface area (Å²) in [5.74, 6) is -0.358. The number of rotatable bonds is 5. The zero-order chi connectivity index (χ0) is 13.1. The summed E-state index contributed by atoms with van der Waals surface area (Å²) in [6.07, 6.45) is 0.0961. The number of hydrogen-bond donors (Lipinski definition) is 4. The summed E-state index contributed by atoms with van der Waals surface area (Å²) in [6, 6.07) is 0. The monoisotopic (exact) mass is 270 g/mol. The molecule has 0 saturated carbocycles. The average molecular weight is 270 g/mol. The Morgan fingerprint density at radius 3 is 2.06 bits per heavy atom. The van der Waals surface area contributed by atoms with Crippen LogP contribution in [0.2, 0.25) is 0 Å². The van der Waals surface area contributed by atoms with Crippen molar-refractivity contribution in [2.45, 2.75) is 6.42 Å². The quantitative estimate of drug-likeness (QED) is 0.434. The van der Waals surface area contributed by atoms with Gasteiger partial charge in [0.1, 0.15) is 0 Å². The van der Waals surface area contributed by atoms with Gasteiger partial charge in [0.2, 0.25) is 0 Å². The molecule has 0 aromatic rings. The van der Waals surface area contributed by atoms with Crippen LogP contribution in [0.3, 0.4) is 0 Å². The number of nitrogens with zero attached hydrogens (tertiary/aromatic N) is 1. The summed E-state index contributed by atoms with van der Waals surface area (Å²) in [5, 5.41) is 19.9. The molecule has 0 amide bonds. The fraction of sp³-hybridized carbons (Fsp3) is 1.00. The molecule has 17 heavy (non-hydrogen) atoms. The van der Waals surface area contributed by atoms with E-state index in [9.17, 15) is 8.42 Å². The van der Waals surface area contributed by atoms with Crippen LogP contribution in [-0.2, 0) is 10.1 Å². The first-order valence-electron chi connectivity index (χ1n) is 5.59. The van der Waals surface area contributed by atoms with Gasteiger partial charge >= 0.3 is 0 Å². The summed E-state index contributed by atoms with van der Waals surface area (Å²) >= 11 is 0. The first-order valence-corrected chi connectivity index (χ1v) is 7.20. The van der Waals surface area contributed by atoms with Crippen molar-refractivity contribution in [2.24, 2.45) is 0 Å². The second-order valence-electron chi connectivity index (χ2n) is 3.68. The summed E-state index contributed by atoms with van der Waals surface area (Å²) in [6.45, 7) is 5.22. The van der Waals surface area contributed by atoms with Crippen LogP contribution >= 0.6 is 0 Å². The maximum atomic E-state index is 9.83. The molecule has 1 fully saturated rings. The van der Waals surface area contributed by atoms with Crippen molar-refractivity contribution in [2.75, 3.05) is 51.7 Å². The van der Waals surface area contributed by atoms with Crippen molar-refractivity contribution >= 4 is 10.1 Å². The molecule has 1 aliphatic heterocycles. The van der Waals surface area contributed by atoms with Crippen LogP contribution in [0.4, 0.5) is 0 Å². The van der Waals surface area contributed by atoms with E-state index in [2.05, 4.69) is 10.2 Å². The van der Waals surface area contributed by atoms with Crippen LogP contribution in [0, 0.1) is 0 Å². The summed E-state index contributed by atoms with van der Waals surface area (Å²) < 4.78 is 27.7. The fourth-order valence-electron chi connectivity index (χ4n) is 1.32. The minimum Gasteiger partial charge on any atom is -0.396 e. The highest BCUT2D eigenvalue weighted by atomic mass is 32.2. The first kappa shape index (κ1) is 16.8. The molecule has 0 atom stereocenters. The predicted molar refractivity (Wildman–Crippen MR) is 64.5 cm³/mol. The predicted octanol–water partition coefficient (Wildman–Crippen LogP) is -1.86. The third-order valence-corrected chi connectivity index (χ3v) is 2.99. The van der Waals surface area contributed by atoms with Crippen molar-refractivity contribution in [3.05, 3.63) is 0 Å². The van der Waals surface area contributed by atoms with Gasteiger partial charge in [-0.1, -0.05) is 0 Å². The van der Waals surface area contributed by atoms with Gasteiger partial charge in [0, 0.05) is 39.3 Å². The highest BCUT2D eigenvalue weighted by Crippen LogP contribution is 1.89. The van der Waals surface area contributed by atoms with Gasteiger partial charge in [-0.25, -0.2) is 0 Å². The van der Waals surface area contributed by atoms with Gasteiger partial charge in [0.05, 0.1) is 12.4 Å². The van der Waals surface area contributed by atoms with E-state index in [0.717, 1.165) is 32.7 Å². The topological polar surface area (TPSA) is 110 Å². The van der Waals surface area contributed by atoms with Gasteiger partial charge in [-0.3, -0.25) is 9.45 Å². The van der Waals surface area contributed by atoms with Crippen LogP contribution in [0.5, 0.6) is 0 Å². The first-order chi connectivity index (χ1) is 7.99. The van der Waals surface area contributed by atoms with Crippen molar-refractivity contribution in [1.29, 1.82) is 0 Å². The molecule has 0 radical (unpaired) electrons. The Labute approximate surface area is 102 Å². The molecule has 0 unspecified atom stereocenters. The number of nitrogens with one attached hydrogen (secondary N) is 1. The molecule has 0 spiro atoms. The van der Waals surface area contributed by atoms with Gasteiger partial charge < -0.3 is 15.5 Å². The molecular weight excluding hydrogens is 248 g/mol. The maximum Gasteiger partial charge on any atom is 0.264 e. The molecule has 0 aromatic heterocycles. The van der Waals surface area contributed by atoms with Crippen molar-refractivity contribution in [3.8, 4) is 0 Å². The van der Waals surface area contributed by atoms with Crippen molar-refractivity contribution < 1.29 is 23.2 Å². The SMILES string of the molecule is O=S(=O)(O)CCCO.OCCN1CCNCC1. The third kappa shape index (κ3) is 12.0.